The Morgan fingerprint density at radius 1 is 1.12 bits per heavy atom. The first-order valence-electron chi connectivity index (χ1n) is 7.90. The Morgan fingerprint density at radius 2 is 1.73 bits per heavy atom. The fraction of sp³-hybridized carbons (Fsp3) is 0.222. The minimum Gasteiger partial charge on any atom is -0.481 e. The van der Waals surface area contributed by atoms with Crippen LogP contribution < -0.4 is 10.1 Å². The maximum Gasteiger partial charge on any atom is 0.338 e. The Morgan fingerprint density at radius 3 is 2.27 bits per heavy atom. The van der Waals surface area contributed by atoms with Crippen LogP contribution in [-0.2, 0) is 9.53 Å². The lowest BCUT2D eigenvalue weighted by molar-refractivity contribution is -0.384. The van der Waals surface area contributed by atoms with Crippen molar-refractivity contribution in [1.29, 1.82) is 0 Å². The van der Waals surface area contributed by atoms with Crippen molar-refractivity contribution < 1.29 is 24.0 Å². The summed E-state index contributed by atoms with van der Waals surface area (Å²) >= 11 is 0. The van der Waals surface area contributed by atoms with Gasteiger partial charge in [0.15, 0.2) is 6.10 Å². The van der Waals surface area contributed by atoms with Crippen LogP contribution in [0.25, 0.3) is 0 Å². The molecule has 0 saturated heterocycles. The number of ether oxygens (including phenoxy) is 2. The van der Waals surface area contributed by atoms with Gasteiger partial charge in [-0.05, 0) is 50.2 Å². The number of nitro benzene ring substituents is 1. The Balaban J connectivity index is 1.94. The van der Waals surface area contributed by atoms with Crippen molar-refractivity contribution in [3.8, 4) is 5.75 Å². The number of amides is 1. The van der Waals surface area contributed by atoms with E-state index in [1.807, 2.05) is 0 Å². The second-order valence-corrected chi connectivity index (χ2v) is 5.30. The maximum absolute atomic E-state index is 12.2. The number of nitrogens with one attached hydrogen (secondary N) is 1. The summed E-state index contributed by atoms with van der Waals surface area (Å²) in [5, 5.41) is 13.2. The first-order valence-corrected chi connectivity index (χ1v) is 7.90. The van der Waals surface area contributed by atoms with E-state index in [-0.39, 0.29) is 12.3 Å². The van der Waals surface area contributed by atoms with E-state index in [1.165, 1.54) is 24.3 Å². The Labute approximate surface area is 149 Å². The molecule has 136 valence electrons. The Kier molecular flexibility index (Phi) is 6.26. The fourth-order valence-corrected chi connectivity index (χ4v) is 2.05. The molecular weight excluding hydrogens is 340 g/mol. The predicted octanol–water partition coefficient (Wildman–Crippen LogP) is 3.18. The molecule has 2 aromatic carbocycles. The highest BCUT2D eigenvalue weighted by atomic mass is 16.6. The molecule has 8 heteroatoms. The molecule has 2 rings (SSSR count). The van der Waals surface area contributed by atoms with E-state index >= 15 is 0 Å². The lowest BCUT2D eigenvalue weighted by Crippen LogP contribution is -2.30. The van der Waals surface area contributed by atoms with Crippen LogP contribution in [0.3, 0.4) is 0 Å². The average molecular weight is 358 g/mol. The molecule has 0 spiro atoms. The zero-order chi connectivity index (χ0) is 19.1. The summed E-state index contributed by atoms with van der Waals surface area (Å²) in [6.07, 6.45) is -0.807. The van der Waals surface area contributed by atoms with Gasteiger partial charge >= 0.3 is 5.97 Å². The molecule has 0 aromatic heterocycles. The van der Waals surface area contributed by atoms with Crippen molar-refractivity contribution in [3.05, 3.63) is 64.2 Å². The van der Waals surface area contributed by atoms with Crippen molar-refractivity contribution in [2.24, 2.45) is 0 Å². The van der Waals surface area contributed by atoms with Crippen molar-refractivity contribution in [2.75, 3.05) is 11.9 Å². The zero-order valence-corrected chi connectivity index (χ0v) is 14.3. The van der Waals surface area contributed by atoms with E-state index in [9.17, 15) is 19.7 Å². The van der Waals surface area contributed by atoms with Gasteiger partial charge in [-0.25, -0.2) is 4.79 Å². The number of nitro groups is 1. The van der Waals surface area contributed by atoms with Crippen LogP contribution in [0.15, 0.2) is 48.5 Å². The van der Waals surface area contributed by atoms with E-state index in [2.05, 4.69) is 5.32 Å². The molecule has 0 fully saturated rings. The number of esters is 1. The lowest BCUT2D eigenvalue weighted by Gasteiger charge is -2.15. The van der Waals surface area contributed by atoms with Crippen LogP contribution in [0, 0.1) is 10.1 Å². The number of non-ortho nitro benzene ring substituents is 1. The van der Waals surface area contributed by atoms with Gasteiger partial charge in [-0.1, -0.05) is 0 Å². The van der Waals surface area contributed by atoms with Gasteiger partial charge in [0.05, 0.1) is 17.1 Å². The fourth-order valence-electron chi connectivity index (χ4n) is 2.05. The minimum absolute atomic E-state index is 0.0611. The van der Waals surface area contributed by atoms with E-state index in [1.54, 1.807) is 38.1 Å². The summed E-state index contributed by atoms with van der Waals surface area (Å²) in [5.41, 5.74) is 0.755. The molecule has 1 amide bonds. The van der Waals surface area contributed by atoms with Crippen molar-refractivity contribution in [3.63, 3.8) is 0 Å². The third-order valence-electron chi connectivity index (χ3n) is 3.39. The van der Waals surface area contributed by atoms with Crippen LogP contribution in [0.4, 0.5) is 11.4 Å². The highest BCUT2D eigenvalue weighted by molar-refractivity contribution is 5.94. The van der Waals surface area contributed by atoms with Gasteiger partial charge in [0.1, 0.15) is 5.75 Å². The second-order valence-electron chi connectivity index (χ2n) is 5.30. The predicted molar refractivity (Wildman–Crippen MR) is 94.2 cm³/mol. The van der Waals surface area contributed by atoms with Gasteiger partial charge in [0, 0.05) is 17.8 Å². The summed E-state index contributed by atoms with van der Waals surface area (Å²) in [6.45, 7) is 3.58. The quantitative estimate of drug-likeness (QED) is 0.463. The molecule has 0 heterocycles. The standard InChI is InChI=1S/C18H18N2O6/c1-3-25-18(22)13-4-10-16(11-5-13)26-12(2)17(21)19-14-6-8-15(9-7-14)20(23)24/h4-12H,3H2,1-2H3,(H,19,21). The van der Waals surface area contributed by atoms with Crippen LogP contribution in [-0.4, -0.2) is 29.5 Å². The summed E-state index contributed by atoms with van der Waals surface area (Å²) in [6, 6.07) is 11.7. The molecular formula is C18H18N2O6. The second kappa shape index (κ2) is 8.61. The van der Waals surface area contributed by atoms with E-state index < -0.39 is 22.9 Å². The van der Waals surface area contributed by atoms with Gasteiger partial charge < -0.3 is 14.8 Å². The first kappa shape index (κ1) is 18.9. The number of hydrogen-bond acceptors (Lipinski definition) is 6. The summed E-state index contributed by atoms with van der Waals surface area (Å²) in [5.74, 6) is -0.416. The number of hydrogen-bond donors (Lipinski definition) is 1. The minimum atomic E-state index is -0.807. The Bertz CT molecular complexity index is 786. The molecule has 1 atom stereocenters. The number of carbonyl (C=O) groups is 2. The van der Waals surface area contributed by atoms with Gasteiger partial charge in [-0.15, -0.1) is 0 Å². The lowest BCUT2D eigenvalue weighted by atomic mass is 10.2. The monoisotopic (exact) mass is 358 g/mol. The molecule has 0 bridgehead atoms. The number of benzene rings is 2. The van der Waals surface area contributed by atoms with Crippen molar-refractivity contribution >= 4 is 23.3 Å². The van der Waals surface area contributed by atoms with Crippen LogP contribution in [0.1, 0.15) is 24.2 Å². The number of carbonyl (C=O) groups excluding carboxylic acids is 2. The molecule has 2 aromatic rings. The summed E-state index contributed by atoms with van der Waals surface area (Å²) in [4.78, 5) is 33.8. The van der Waals surface area contributed by atoms with Crippen molar-refractivity contribution in [1.82, 2.24) is 0 Å². The zero-order valence-electron chi connectivity index (χ0n) is 14.3. The normalized spacial score (nSPS) is 11.3. The average Bonchev–Trinajstić information content (AvgIpc) is 2.63. The molecule has 0 aliphatic rings. The Hall–Kier alpha value is -3.42. The maximum atomic E-state index is 12.2. The number of nitrogens with zero attached hydrogens (tertiary/aromatic N) is 1. The molecule has 0 saturated carbocycles. The van der Waals surface area contributed by atoms with Gasteiger partial charge in [-0.3, -0.25) is 14.9 Å². The first-order chi connectivity index (χ1) is 12.4. The van der Waals surface area contributed by atoms with E-state index in [0.717, 1.165) is 0 Å². The number of anilines is 1. The van der Waals surface area contributed by atoms with Crippen molar-refractivity contribution in [2.45, 2.75) is 20.0 Å². The molecule has 0 radical (unpaired) electrons. The number of rotatable bonds is 7. The van der Waals surface area contributed by atoms with Crippen LogP contribution in [0.2, 0.25) is 0 Å². The van der Waals surface area contributed by atoms with Gasteiger partial charge in [0.2, 0.25) is 0 Å². The largest absolute Gasteiger partial charge is 0.481 e. The molecule has 0 aliphatic carbocycles. The molecule has 26 heavy (non-hydrogen) atoms. The summed E-state index contributed by atoms with van der Waals surface area (Å²) < 4.78 is 10.4. The van der Waals surface area contributed by atoms with Gasteiger partial charge in [0.25, 0.3) is 11.6 Å². The highest BCUT2D eigenvalue weighted by Gasteiger charge is 2.16. The summed E-state index contributed by atoms with van der Waals surface area (Å²) in [7, 11) is 0. The molecule has 8 nitrogen and oxygen atoms in total. The highest BCUT2D eigenvalue weighted by Crippen LogP contribution is 2.17. The van der Waals surface area contributed by atoms with Gasteiger partial charge in [-0.2, -0.15) is 0 Å². The molecule has 1 unspecified atom stereocenters. The van der Waals surface area contributed by atoms with Crippen LogP contribution >= 0.6 is 0 Å². The van der Waals surface area contributed by atoms with E-state index in [4.69, 9.17) is 9.47 Å². The molecule has 1 N–H and O–H groups in total. The third-order valence-corrected chi connectivity index (χ3v) is 3.39. The van der Waals surface area contributed by atoms with Crippen LogP contribution in [0.5, 0.6) is 5.75 Å². The SMILES string of the molecule is CCOC(=O)c1ccc(OC(C)C(=O)Nc2ccc([N+](=O)[O-])cc2)cc1. The van der Waals surface area contributed by atoms with E-state index in [0.29, 0.717) is 17.0 Å². The topological polar surface area (TPSA) is 108 Å². The molecule has 0 aliphatic heterocycles. The smallest absolute Gasteiger partial charge is 0.338 e. The third kappa shape index (κ3) is 5.04.